The summed E-state index contributed by atoms with van der Waals surface area (Å²) in [5.41, 5.74) is 5.30. The highest BCUT2D eigenvalue weighted by Gasteiger charge is 2.14. The van der Waals surface area contributed by atoms with Gasteiger partial charge in [-0.25, -0.2) is 13.4 Å². The number of sulfone groups is 1. The van der Waals surface area contributed by atoms with Gasteiger partial charge >= 0.3 is 0 Å². The molecule has 5 nitrogen and oxygen atoms in total. The second-order valence-electron chi connectivity index (χ2n) is 3.07. The molecule has 1 rings (SSSR count). The summed E-state index contributed by atoms with van der Waals surface area (Å²) >= 11 is 0. The Kier molecular flexibility index (Phi) is 4.05. The van der Waals surface area contributed by atoms with Gasteiger partial charge in [-0.3, -0.25) is 0 Å². The number of aromatic nitrogens is 1. The number of ether oxygens (including phenoxy) is 1. The summed E-state index contributed by atoms with van der Waals surface area (Å²) in [7, 11) is -3.29. The van der Waals surface area contributed by atoms with Crippen molar-refractivity contribution in [3.63, 3.8) is 0 Å². The first kappa shape index (κ1) is 11.9. The first-order valence-electron chi connectivity index (χ1n) is 4.53. The van der Waals surface area contributed by atoms with E-state index in [9.17, 15) is 8.42 Å². The standard InChI is InChI=1S/C9H14N2O3S/c1-15(12,13)8-4-2-6-11-9(8)14-7-3-5-10/h2,4,6H,3,5,7,10H2,1H3. The Hall–Kier alpha value is -1.14. The molecule has 0 saturated carbocycles. The smallest absolute Gasteiger partial charge is 0.232 e. The van der Waals surface area contributed by atoms with Crippen molar-refractivity contribution in [1.29, 1.82) is 0 Å². The molecular weight excluding hydrogens is 216 g/mol. The Labute approximate surface area is 89.2 Å². The summed E-state index contributed by atoms with van der Waals surface area (Å²) in [5.74, 6) is 0.147. The Balaban J connectivity index is 2.88. The molecule has 1 aromatic rings. The monoisotopic (exact) mass is 230 g/mol. The van der Waals surface area contributed by atoms with Crippen LogP contribution in [-0.4, -0.2) is 32.8 Å². The molecule has 0 unspecified atom stereocenters. The molecule has 2 N–H and O–H groups in total. The first-order chi connectivity index (χ1) is 7.05. The predicted molar refractivity (Wildman–Crippen MR) is 56.5 cm³/mol. The third kappa shape index (κ3) is 3.49. The van der Waals surface area contributed by atoms with Crippen molar-refractivity contribution in [2.45, 2.75) is 11.3 Å². The van der Waals surface area contributed by atoms with Crippen LogP contribution in [0.5, 0.6) is 5.88 Å². The van der Waals surface area contributed by atoms with Crippen LogP contribution in [0.2, 0.25) is 0 Å². The third-order valence-corrected chi connectivity index (χ3v) is 2.83. The molecule has 0 spiro atoms. The summed E-state index contributed by atoms with van der Waals surface area (Å²) < 4.78 is 27.9. The van der Waals surface area contributed by atoms with Crippen LogP contribution < -0.4 is 10.5 Å². The van der Waals surface area contributed by atoms with Crippen LogP contribution in [0.15, 0.2) is 23.2 Å². The van der Waals surface area contributed by atoms with Crippen molar-refractivity contribution in [2.24, 2.45) is 5.73 Å². The second-order valence-corrected chi connectivity index (χ2v) is 5.05. The van der Waals surface area contributed by atoms with E-state index in [2.05, 4.69) is 4.98 Å². The van der Waals surface area contributed by atoms with Crippen LogP contribution in [0.4, 0.5) is 0 Å². The quantitative estimate of drug-likeness (QED) is 0.731. The molecule has 0 aliphatic carbocycles. The SMILES string of the molecule is CS(=O)(=O)c1cccnc1OCCCN. The Morgan fingerprint density at radius 1 is 1.53 bits per heavy atom. The molecule has 15 heavy (non-hydrogen) atoms. The molecule has 0 radical (unpaired) electrons. The number of hydrogen-bond acceptors (Lipinski definition) is 5. The van der Waals surface area contributed by atoms with Gasteiger partial charge in [-0.2, -0.15) is 0 Å². The summed E-state index contributed by atoms with van der Waals surface area (Å²) in [4.78, 5) is 3.99. The molecular formula is C9H14N2O3S. The van der Waals surface area contributed by atoms with E-state index < -0.39 is 9.84 Å². The van der Waals surface area contributed by atoms with E-state index in [-0.39, 0.29) is 10.8 Å². The van der Waals surface area contributed by atoms with Gasteiger partial charge in [-0.15, -0.1) is 0 Å². The van der Waals surface area contributed by atoms with E-state index in [1.165, 1.54) is 12.3 Å². The maximum absolute atomic E-state index is 11.3. The normalized spacial score (nSPS) is 11.3. The van der Waals surface area contributed by atoms with Crippen molar-refractivity contribution >= 4 is 9.84 Å². The lowest BCUT2D eigenvalue weighted by atomic mass is 10.4. The Morgan fingerprint density at radius 3 is 2.87 bits per heavy atom. The van der Waals surface area contributed by atoms with E-state index in [1.54, 1.807) is 6.07 Å². The molecule has 84 valence electrons. The fourth-order valence-electron chi connectivity index (χ4n) is 1.02. The Morgan fingerprint density at radius 2 is 2.27 bits per heavy atom. The minimum absolute atomic E-state index is 0.113. The molecule has 0 amide bonds. The van der Waals surface area contributed by atoms with Crippen LogP contribution in [0.1, 0.15) is 6.42 Å². The van der Waals surface area contributed by atoms with Crippen molar-refractivity contribution < 1.29 is 13.2 Å². The van der Waals surface area contributed by atoms with Gasteiger partial charge in [0.05, 0.1) is 6.61 Å². The van der Waals surface area contributed by atoms with Crippen LogP contribution in [0.25, 0.3) is 0 Å². The van der Waals surface area contributed by atoms with Gasteiger partial charge in [0.25, 0.3) is 0 Å². The van der Waals surface area contributed by atoms with Gasteiger partial charge in [0.1, 0.15) is 4.90 Å². The first-order valence-corrected chi connectivity index (χ1v) is 6.43. The van der Waals surface area contributed by atoms with Gasteiger partial charge in [-0.05, 0) is 25.1 Å². The fraction of sp³-hybridized carbons (Fsp3) is 0.444. The molecule has 0 fully saturated rings. The van der Waals surface area contributed by atoms with E-state index in [4.69, 9.17) is 10.5 Å². The molecule has 0 aromatic carbocycles. The summed E-state index contributed by atoms with van der Waals surface area (Å²) in [5, 5.41) is 0. The summed E-state index contributed by atoms with van der Waals surface area (Å²) in [6.07, 6.45) is 3.28. The van der Waals surface area contributed by atoms with Gasteiger partial charge in [0.15, 0.2) is 9.84 Å². The number of hydrogen-bond donors (Lipinski definition) is 1. The minimum atomic E-state index is -3.29. The Bertz CT molecular complexity index is 417. The van der Waals surface area contributed by atoms with Crippen LogP contribution >= 0.6 is 0 Å². The van der Waals surface area contributed by atoms with Gasteiger partial charge in [0, 0.05) is 12.5 Å². The van der Waals surface area contributed by atoms with Crippen LogP contribution in [0, 0.1) is 0 Å². The van der Waals surface area contributed by atoms with E-state index in [0.717, 1.165) is 6.26 Å². The van der Waals surface area contributed by atoms with Gasteiger partial charge < -0.3 is 10.5 Å². The third-order valence-electron chi connectivity index (χ3n) is 1.72. The highest BCUT2D eigenvalue weighted by atomic mass is 32.2. The predicted octanol–water partition coefficient (Wildman–Crippen LogP) is 0.213. The van der Waals surface area contributed by atoms with Crippen molar-refractivity contribution in [1.82, 2.24) is 4.98 Å². The zero-order chi connectivity index (χ0) is 11.3. The molecule has 1 heterocycles. The van der Waals surface area contributed by atoms with E-state index in [1.807, 2.05) is 0 Å². The number of pyridine rings is 1. The lowest BCUT2D eigenvalue weighted by Crippen LogP contribution is -2.09. The van der Waals surface area contributed by atoms with Crippen molar-refractivity contribution in [3.05, 3.63) is 18.3 Å². The topological polar surface area (TPSA) is 82.3 Å². The fourth-order valence-corrected chi connectivity index (χ4v) is 1.77. The molecule has 6 heteroatoms. The highest BCUT2D eigenvalue weighted by molar-refractivity contribution is 7.90. The van der Waals surface area contributed by atoms with Crippen molar-refractivity contribution in [3.8, 4) is 5.88 Å². The summed E-state index contributed by atoms with van der Waals surface area (Å²) in [6, 6.07) is 3.03. The number of rotatable bonds is 5. The molecule has 0 atom stereocenters. The largest absolute Gasteiger partial charge is 0.477 e. The number of nitrogens with zero attached hydrogens (tertiary/aromatic N) is 1. The summed E-state index contributed by atoms with van der Waals surface area (Å²) in [6.45, 7) is 0.872. The van der Waals surface area contributed by atoms with E-state index >= 15 is 0 Å². The number of nitrogens with two attached hydrogens (primary N) is 1. The second kappa shape index (κ2) is 5.09. The van der Waals surface area contributed by atoms with Gasteiger partial charge in [0.2, 0.25) is 5.88 Å². The molecule has 1 aromatic heterocycles. The maximum atomic E-state index is 11.3. The molecule has 0 bridgehead atoms. The van der Waals surface area contributed by atoms with Crippen LogP contribution in [-0.2, 0) is 9.84 Å². The molecule has 0 aliphatic rings. The molecule has 0 saturated heterocycles. The maximum Gasteiger partial charge on any atom is 0.232 e. The zero-order valence-electron chi connectivity index (χ0n) is 8.51. The lowest BCUT2D eigenvalue weighted by molar-refractivity contribution is 0.293. The minimum Gasteiger partial charge on any atom is -0.477 e. The molecule has 0 aliphatic heterocycles. The van der Waals surface area contributed by atoms with Crippen molar-refractivity contribution in [2.75, 3.05) is 19.4 Å². The average Bonchev–Trinajstić information content (AvgIpc) is 2.17. The average molecular weight is 230 g/mol. The highest BCUT2D eigenvalue weighted by Crippen LogP contribution is 2.19. The van der Waals surface area contributed by atoms with Crippen LogP contribution in [0.3, 0.4) is 0 Å². The zero-order valence-corrected chi connectivity index (χ0v) is 9.33. The van der Waals surface area contributed by atoms with E-state index in [0.29, 0.717) is 19.6 Å². The lowest BCUT2D eigenvalue weighted by Gasteiger charge is -2.07. The van der Waals surface area contributed by atoms with Gasteiger partial charge in [-0.1, -0.05) is 0 Å².